The molecule has 2 atom stereocenters. The lowest BCUT2D eigenvalue weighted by molar-refractivity contribution is -0.0475. The van der Waals surface area contributed by atoms with Gasteiger partial charge >= 0.3 is 0 Å². The number of amides is 1. The Morgan fingerprint density at radius 3 is 2.68 bits per heavy atom. The van der Waals surface area contributed by atoms with Crippen LogP contribution in [0.4, 0.5) is 0 Å². The van der Waals surface area contributed by atoms with Gasteiger partial charge in [0.05, 0.1) is 16.5 Å². The van der Waals surface area contributed by atoms with Crippen molar-refractivity contribution in [1.82, 2.24) is 15.5 Å². The highest BCUT2D eigenvalue weighted by molar-refractivity contribution is 6.30. The number of rotatable bonds is 7. The highest BCUT2D eigenvalue weighted by Gasteiger charge is 2.35. The normalized spacial score (nSPS) is 22.4. The quantitative estimate of drug-likeness (QED) is 0.380. The summed E-state index contributed by atoms with van der Waals surface area (Å²) in [5, 5.41) is 22.5. The third-order valence-electron chi connectivity index (χ3n) is 8.50. The monoisotopic (exact) mass is 537 g/mol. The number of hydrogen-bond acceptors (Lipinski definition) is 5. The number of aliphatic hydroxyl groups is 1. The molecule has 202 valence electrons. The van der Waals surface area contributed by atoms with Gasteiger partial charge < -0.3 is 15.2 Å². The molecule has 38 heavy (non-hydrogen) atoms. The molecule has 2 aliphatic rings. The second kappa shape index (κ2) is 11.6. The Morgan fingerprint density at radius 1 is 1.18 bits per heavy atom. The first-order valence-corrected chi connectivity index (χ1v) is 14.1. The minimum Gasteiger partial charge on any atom is -0.390 e. The molecule has 1 aromatic heterocycles. The zero-order valence-corrected chi connectivity index (χ0v) is 22.7. The van der Waals surface area contributed by atoms with Gasteiger partial charge in [0.15, 0.2) is 5.69 Å². The van der Waals surface area contributed by atoms with Crippen molar-refractivity contribution in [2.24, 2.45) is 5.92 Å². The van der Waals surface area contributed by atoms with Gasteiger partial charge in [-0.2, -0.15) is 5.10 Å². The van der Waals surface area contributed by atoms with Crippen LogP contribution in [0.2, 0.25) is 5.02 Å². The van der Waals surface area contributed by atoms with Crippen LogP contribution in [0.15, 0.2) is 41.2 Å². The average Bonchev–Trinajstić information content (AvgIpc) is 2.94. The van der Waals surface area contributed by atoms with Gasteiger partial charge in [-0.25, -0.2) is 0 Å². The highest BCUT2D eigenvalue weighted by Crippen LogP contribution is 2.38. The van der Waals surface area contributed by atoms with E-state index in [9.17, 15) is 14.7 Å². The Morgan fingerprint density at radius 2 is 1.95 bits per heavy atom. The van der Waals surface area contributed by atoms with Crippen LogP contribution in [0.25, 0.3) is 10.9 Å². The summed E-state index contributed by atoms with van der Waals surface area (Å²) in [4.78, 5) is 26.6. The van der Waals surface area contributed by atoms with E-state index in [2.05, 4.69) is 28.5 Å². The number of aryl methyl sites for hydroxylation is 1. The zero-order valence-electron chi connectivity index (χ0n) is 21.9. The van der Waals surface area contributed by atoms with E-state index in [0.717, 1.165) is 55.2 Å². The van der Waals surface area contributed by atoms with Crippen molar-refractivity contribution in [2.45, 2.75) is 76.4 Å². The first-order valence-electron chi connectivity index (χ1n) is 13.7. The molecule has 0 radical (unpaired) electrons. The molecular formula is C30H36ClN3O4. The third kappa shape index (κ3) is 5.80. The molecule has 1 saturated heterocycles. The van der Waals surface area contributed by atoms with Gasteiger partial charge in [0.2, 0.25) is 5.43 Å². The molecule has 1 saturated carbocycles. The number of carbonyl (C=O) groups is 1. The van der Waals surface area contributed by atoms with E-state index in [1.165, 1.54) is 0 Å². The molecule has 1 aliphatic carbocycles. The number of aromatic amines is 1. The molecule has 2 fully saturated rings. The summed E-state index contributed by atoms with van der Waals surface area (Å²) in [6, 6.07) is 11.3. The largest absolute Gasteiger partial charge is 0.390 e. The highest BCUT2D eigenvalue weighted by atomic mass is 35.5. The Labute approximate surface area is 227 Å². The van der Waals surface area contributed by atoms with Crippen LogP contribution in [0, 0.1) is 5.92 Å². The Hall–Kier alpha value is -2.74. The number of carbonyl (C=O) groups excluding carboxylic acids is 1. The van der Waals surface area contributed by atoms with Crippen molar-refractivity contribution in [3.63, 3.8) is 0 Å². The molecule has 5 rings (SSSR count). The van der Waals surface area contributed by atoms with Crippen LogP contribution in [0.1, 0.15) is 85.0 Å². The summed E-state index contributed by atoms with van der Waals surface area (Å²) in [5.41, 5.74) is 2.34. The van der Waals surface area contributed by atoms with E-state index in [-0.39, 0.29) is 23.6 Å². The van der Waals surface area contributed by atoms with Crippen LogP contribution in [0.3, 0.4) is 0 Å². The van der Waals surface area contributed by atoms with E-state index >= 15 is 0 Å². The smallest absolute Gasteiger partial charge is 0.276 e. The van der Waals surface area contributed by atoms with E-state index < -0.39 is 11.5 Å². The predicted molar refractivity (Wildman–Crippen MR) is 149 cm³/mol. The topological polar surface area (TPSA) is 104 Å². The summed E-state index contributed by atoms with van der Waals surface area (Å²) in [7, 11) is 0. The number of H-pyrrole nitrogens is 1. The van der Waals surface area contributed by atoms with Crippen molar-refractivity contribution < 1.29 is 14.6 Å². The Kier molecular flexibility index (Phi) is 8.17. The maximum absolute atomic E-state index is 13.6. The molecule has 8 heteroatoms. The minimum absolute atomic E-state index is 0.152. The van der Waals surface area contributed by atoms with Gasteiger partial charge in [0, 0.05) is 24.8 Å². The number of nitrogens with one attached hydrogen (secondary N) is 2. The van der Waals surface area contributed by atoms with Crippen molar-refractivity contribution in [2.75, 3.05) is 13.2 Å². The number of nitrogens with zero attached hydrogens (tertiary/aromatic N) is 1. The van der Waals surface area contributed by atoms with E-state index in [1.807, 2.05) is 18.2 Å². The summed E-state index contributed by atoms with van der Waals surface area (Å²) in [5.74, 6) is 0.0131. The van der Waals surface area contributed by atoms with Crippen molar-refractivity contribution >= 4 is 28.4 Å². The lowest BCUT2D eigenvalue weighted by Crippen LogP contribution is -2.39. The minimum atomic E-state index is -0.700. The summed E-state index contributed by atoms with van der Waals surface area (Å²) in [6.07, 6.45) is 7.08. The molecular weight excluding hydrogens is 502 g/mol. The van der Waals surface area contributed by atoms with Crippen molar-refractivity contribution in [3.8, 4) is 0 Å². The fourth-order valence-corrected chi connectivity index (χ4v) is 6.06. The van der Waals surface area contributed by atoms with Gasteiger partial charge in [-0.3, -0.25) is 14.7 Å². The SMILES string of the molecule is CC1CCCCC1(O)CCc1cc(C2CCOCC2)cc2c(=O)c(C(=O)NCc3ccc(Cl)cc3)n[nH]c12. The van der Waals surface area contributed by atoms with Crippen LogP contribution < -0.4 is 10.7 Å². The number of benzene rings is 2. The standard InChI is InChI=1S/C30H36ClN3O4/c1-19-4-2-3-12-30(19,37)13-9-22-16-23(21-10-14-38-15-11-21)17-25-26(22)33-34-27(28(25)35)29(36)32-18-20-5-7-24(31)8-6-20/h5-8,16-17,19,21,37H,2-4,9-15,18H2,1H3,(H,32,36)(H,33,35). The van der Waals surface area contributed by atoms with E-state index in [4.69, 9.17) is 16.3 Å². The summed E-state index contributed by atoms with van der Waals surface area (Å²) in [6.45, 7) is 3.79. The Balaban J connectivity index is 1.46. The zero-order chi connectivity index (χ0) is 26.7. The molecule has 7 nitrogen and oxygen atoms in total. The molecule has 0 spiro atoms. The van der Waals surface area contributed by atoms with Gasteiger partial charge in [-0.1, -0.05) is 49.6 Å². The molecule has 1 aliphatic heterocycles. The van der Waals surface area contributed by atoms with Crippen LogP contribution in [-0.2, 0) is 17.7 Å². The van der Waals surface area contributed by atoms with Crippen molar-refractivity contribution in [3.05, 3.63) is 74.0 Å². The fraction of sp³-hybridized carbons (Fsp3) is 0.500. The number of ether oxygens (including phenoxy) is 1. The predicted octanol–water partition coefficient (Wildman–Crippen LogP) is 5.27. The first kappa shape index (κ1) is 26.9. The lowest BCUT2D eigenvalue weighted by Gasteiger charge is -2.38. The van der Waals surface area contributed by atoms with Gasteiger partial charge in [-0.05, 0) is 85.3 Å². The third-order valence-corrected chi connectivity index (χ3v) is 8.75. The number of aromatic nitrogens is 2. The van der Waals surface area contributed by atoms with E-state index in [0.29, 0.717) is 47.9 Å². The lowest BCUT2D eigenvalue weighted by atomic mass is 9.73. The maximum Gasteiger partial charge on any atom is 0.276 e. The fourth-order valence-electron chi connectivity index (χ4n) is 5.93. The number of halogens is 1. The maximum atomic E-state index is 13.6. The first-order chi connectivity index (χ1) is 18.3. The van der Waals surface area contributed by atoms with E-state index in [1.54, 1.807) is 12.1 Å². The van der Waals surface area contributed by atoms with Crippen LogP contribution >= 0.6 is 11.6 Å². The molecule has 2 heterocycles. The summed E-state index contributed by atoms with van der Waals surface area (Å²) >= 11 is 5.95. The Bertz CT molecular complexity index is 1350. The second-order valence-corrected chi connectivity index (χ2v) is 11.4. The van der Waals surface area contributed by atoms with Gasteiger partial charge in [-0.15, -0.1) is 0 Å². The molecule has 0 bridgehead atoms. The molecule has 3 N–H and O–H groups in total. The van der Waals surface area contributed by atoms with Gasteiger partial charge in [0.1, 0.15) is 0 Å². The molecule has 2 aromatic carbocycles. The molecule has 2 unspecified atom stereocenters. The molecule has 1 amide bonds. The van der Waals surface area contributed by atoms with Gasteiger partial charge in [0.25, 0.3) is 5.91 Å². The number of fused-ring (bicyclic) bond motifs is 1. The van der Waals surface area contributed by atoms with Crippen molar-refractivity contribution in [1.29, 1.82) is 0 Å². The van der Waals surface area contributed by atoms with Crippen LogP contribution in [-0.4, -0.2) is 40.0 Å². The molecule has 3 aromatic rings. The second-order valence-electron chi connectivity index (χ2n) is 11.0. The average molecular weight is 538 g/mol. The summed E-state index contributed by atoms with van der Waals surface area (Å²) < 4.78 is 5.56. The van der Waals surface area contributed by atoms with Crippen LogP contribution in [0.5, 0.6) is 0 Å². The number of hydrogen-bond donors (Lipinski definition) is 3.